The molecular formula is C13H23NO5. The molecule has 0 aromatic heterocycles. The van der Waals surface area contributed by atoms with Gasteiger partial charge in [0.1, 0.15) is 5.60 Å². The molecule has 0 spiro atoms. The lowest BCUT2D eigenvalue weighted by Crippen LogP contribution is -2.48. The number of nitrogens with zero attached hydrogens (tertiary/aromatic N) is 1. The van der Waals surface area contributed by atoms with Gasteiger partial charge < -0.3 is 19.5 Å². The summed E-state index contributed by atoms with van der Waals surface area (Å²) in [7, 11) is 1.33. The van der Waals surface area contributed by atoms with Gasteiger partial charge in [0.05, 0.1) is 13.0 Å². The van der Waals surface area contributed by atoms with Crippen molar-refractivity contribution in [3.8, 4) is 0 Å². The number of hydrogen-bond acceptors (Lipinski definition) is 5. The maximum absolute atomic E-state index is 11.9. The van der Waals surface area contributed by atoms with Crippen molar-refractivity contribution in [1.82, 2.24) is 4.90 Å². The van der Waals surface area contributed by atoms with Gasteiger partial charge >= 0.3 is 12.1 Å². The number of ether oxygens (including phenoxy) is 2. The summed E-state index contributed by atoms with van der Waals surface area (Å²) in [6, 6.07) is 0. The second kappa shape index (κ2) is 6.23. The van der Waals surface area contributed by atoms with Gasteiger partial charge in [-0.25, -0.2) is 4.79 Å². The number of esters is 1. The summed E-state index contributed by atoms with van der Waals surface area (Å²) in [4.78, 5) is 25.0. The smallest absolute Gasteiger partial charge is 0.410 e. The number of likely N-dealkylation sites (tertiary alicyclic amines) is 1. The van der Waals surface area contributed by atoms with Crippen molar-refractivity contribution in [2.75, 3.05) is 26.8 Å². The molecular weight excluding hydrogens is 250 g/mol. The summed E-state index contributed by atoms with van der Waals surface area (Å²) >= 11 is 0. The number of piperidine rings is 1. The molecule has 6 nitrogen and oxygen atoms in total. The summed E-state index contributed by atoms with van der Waals surface area (Å²) in [6.07, 6.45) is 0.0752. The summed E-state index contributed by atoms with van der Waals surface area (Å²) < 4.78 is 9.99. The molecule has 1 rings (SSSR count). The second-order valence-corrected chi connectivity index (χ2v) is 5.79. The van der Waals surface area contributed by atoms with E-state index in [0.717, 1.165) is 0 Å². The Bertz CT molecular complexity index is 336. The molecule has 0 saturated carbocycles. The molecule has 2 atom stereocenters. The molecule has 1 fully saturated rings. The van der Waals surface area contributed by atoms with E-state index in [0.29, 0.717) is 19.5 Å². The highest BCUT2D eigenvalue weighted by Crippen LogP contribution is 2.25. The van der Waals surface area contributed by atoms with E-state index in [4.69, 9.17) is 9.47 Å². The Hall–Kier alpha value is -1.30. The van der Waals surface area contributed by atoms with E-state index < -0.39 is 11.7 Å². The largest absolute Gasteiger partial charge is 0.469 e. The average molecular weight is 273 g/mol. The first-order valence-corrected chi connectivity index (χ1v) is 6.45. The molecule has 0 aromatic rings. The Morgan fingerprint density at radius 2 is 2.00 bits per heavy atom. The SMILES string of the molecule is COC(=O)[C@H]1CCN(C(=O)OC(C)(C)C)C[C@H]1CO. The third-order valence-corrected chi connectivity index (χ3v) is 3.12. The zero-order valence-corrected chi connectivity index (χ0v) is 12.0. The maximum Gasteiger partial charge on any atom is 0.410 e. The maximum atomic E-state index is 11.9. The Labute approximate surface area is 113 Å². The van der Waals surface area contributed by atoms with Gasteiger partial charge in [-0.2, -0.15) is 0 Å². The highest BCUT2D eigenvalue weighted by atomic mass is 16.6. The zero-order valence-electron chi connectivity index (χ0n) is 12.0. The first-order chi connectivity index (χ1) is 8.78. The number of amides is 1. The van der Waals surface area contributed by atoms with Crippen LogP contribution in [0.25, 0.3) is 0 Å². The molecule has 1 saturated heterocycles. The fourth-order valence-electron chi connectivity index (χ4n) is 2.17. The van der Waals surface area contributed by atoms with E-state index in [1.165, 1.54) is 12.0 Å². The summed E-state index contributed by atoms with van der Waals surface area (Å²) in [5.74, 6) is -0.981. The van der Waals surface area contributed by atoms with Crippen LogP contribution in [0.15, 0.2) is 0 Å². The predicted octanol–water partition coefficient (Wildman–Crippen LogP) is 1.02. The van der Waals surface area contributed by atoms with Crippen molar-refractivity contribution in [1.29, 1.82) is 0 Å². The summed E-state index contributed by atoms with van der Waals surface area (Å²) in [6.45, 7) is 6.00. The molecule has 110 valence electrons. The number of carbonyl (C=O) groups is 2. The van der Waals surface area contributed by atoms with Crippen molar-refractivity contribution < 1.29 is 24.2 Å². The van der Waals surface area contributed by atoms with Crippen LogP contribution in [0.4, 0.5) is 4.79 Å². The molecule has 0 aliphatic carbocycles. The van der Waals surface area contributed by atoms with Gasteiger partial charge in [-0.1, -0.05) is 0 Å². The second-order valence-electron chi connectivity index (χ2n) is 5.79. The van der Waals surface area contributed by atoms with Crippen molar-refractivity contribution in [2.45, 2.75) is 32.8 Å². The Morgan fingerprint density at radius 1 is 1.37 bits per heavy atom. The molecule has 1 aliphatic heterocycles. The number of hydrogen-bond donors (Lipinski definition) is 1. The first-order valence-electron chi connectivity index (χ1n) is 6.45. The number of aliphatic hydroxyl groups is 1. The van der Waals surface area contributed by atoms with E-state index in [1.807, 2.05) is 0 Å². The monoisotopic (exact) mass is 273 g/mol. The molecule has 1 heterocycles. The Balaban J connectivity index is 2.64. The predicted molar refractivity (Wildman–Crippen MR) is 68.5 cm³/mol. The lowest BCUT2D eigenvalue weighted by Gasteiger charge is -2.37. The molecule has 0 aromatic carbocycles. The average Bonchev–Trinajstić information content (AvgIpc) is 2.35. The topological polar surface area (TPSA) is 76.1 Å². The number of carbonyl (C=O) groups excluding carboxylic acids is 2. The van der Waals surface area contributed by atoms with Crippen LogP contribution in [0, 0.1) is 11.8 Å². The third kappa shape index (κ3) is 4.38. The highest BCUT2D eigenvalue weighted by molar-refractivity contribution is 5.74. The van der Waals surface area contributed by atoms with E-state index in [2.05, 4.69) is 0 Å². The fraction of sp³-hybridized carbons (Fsp3) is 0.846. The molecule has 19 heavy (non-hydrogen) atoms. The van der Waals surface area contributed by atoms with E-state index in [1.54, 1.807) is 20.8 Å². The van der Waals surface area contributed by atoms with Crippen LogP contribution in [0.1, 0.15) is 27.2 Å². The van der Waals surface area contributed by atoms with Crippen molar-refractivity contribution in [3.63, 3.8) is 0 Å². The number of aliphatic hydroxyl groups excluding tert-OH is 1. The molecule has 1 N–H and O–H groups in total. The lowest BCUT2D eigenvalue weighted by molar-refractivity contribution is -0.150. The molecule has 6 heteroatoms. The van der Waals surface area contributed by atoms with Gasteiger partial charge in [0.2, 0.25) is 0 Å². The normalized spacial score (nSPS) is 23.9. The molecule has 0 unspecified atom stereocenters. The van der Waals surface area contributed by atoms with Crippen LogP contribution in [0.2, 0.25) is 0 Å². The lowest BCUT2D eigenvalue weighted by atomic mass is 9.86. The van der Waals surface area contributed by atoms with Crippen LogP contribution in [-0.4, -0.2) is 54.5 Å². The van der Waals surface area contributed by atoms with Crippen LogP contribution < -0.4 is 0 Å². The van der Waals surface area contributed by atoms with E-state index in [9.17, 15) is 14.7 Å². The Kier molecular flexibility index (Phi) is 5.17. The third-order valence-electron chi connectivity index (χ3n) is 3.12. The minimum Gasteiger partial charge on any atom is -0.469 e. The van der Waals surface area contributed by atoms with E-state index in [-0.39, 0.29) is 24.4 Å². The minimum absolute atomic E-state index is 0.154. The molecule has 0 bridgehead atoms. The van der Waals surface area contributed by atoms with Gasteiger partial charge in [-0.15, -0.1) is 0 Å². The molecule has 1 amide bonds. The fourth-order valence-corrected chi connectivity index (χ4v) is 2.17. The van der Waals surface area contributed by atoms with Gasteiger partial charge in [0, 0.05) is 25.6 Å². The van der Waals surface area contributed by atoms with Crippen LogP contribution >= 0.6 is 0 Å². The van der Waals surface area contributed by atoms with Gasteiger partial charge in [0.25, 0.3) is 0 Å². The Morgan fingerprint density at radius 3 is 2.47 bits per heavy atom. The van der Waals surface area contributed by atoms with Crippen LogP contribution in [-0.2, 0) is 14.3 Å². The van der Waals surface area contributed by atoms with Crippen LogP contribution in [0.5, 0.6) is 0 Å². The van der Waals surface area contributed by atoms with Crippen molar-refractivity contribution in [2.24, 2.45) is 11.8 Å². The zero-order chi connectivity index (χ0) is 14.6. The molecule has 1 aliphatic rings. The van der Waals surface area contributed by atoms with Gasteiger partial charge in [-0.05, 0) is 27.2 Å². The number of rotatable bonds is 2. The number of methoxy groups -OCH3 is 1. The summed E-state index contributed by atoms with van der Waals surface area (Å²) in [5, 5.41) is 9.35. The quantitative estimate of drug-likeness (QED) is 0.760. The minimum atomic E-state index is -0.551. The van der Waals surface area contributed by atoms with Gasteiger partial charge in [0.15, 0.2) is 0 Å². The highest BCUT2D eigenvalue weighted by Gasteiger charge is 2.37. The van der Waals surface area contributed by atoms with Crippen molar-refractivity contribution in [3.05, 3.63) is 0 Å². The standard InChI is InChI=1S/C13H23NO5/c1-13(2,3)19-12(17)14-6-5-10(11(16)18-4)9(7-14)8-15/h9-10,15H,5-8H2,1-4H3/t9-,10-/m0/s1. The summed E-state index contributed by atoms with van der Waals surface area (Å²) in [5.41, 5.74) is -0.551. The molecule has 0 radical (unpaired) electrons. The van der Waals surface area contributed by atoms with E-state index >= 15 is 0 Å². The van der Waals surface area contributed by atoms with Crippen LogP contribution in [0.3, 0.4) is 0 Å². The van der Waals surface area contributed by atoms with Crippen molar-refractivity contribution >= 4 is 12.1 Å². The first kappa shape index (κ1) is 15.8. The van der Waals surface area contributed by atoms with Gasteiger partial charge in [-0.3, -0.25) is 4.79 Å².